The smallest absolute Gasteiger partial charge is 0.124 e. The SMILES string of the molecule is CCCC(CC)NC(C)c1ccc(OC)c(COC)c1. The van der Waals surface area contributed by atoms with Crippen molar-refractivity contribution in [1.82, 2.24) is 5.32 Å². The molecule has 0 radical (unpaired) electrons. The standard InChI is InChI=1S/C17H29NO2/c1-6-8-16(7-2)18-13(3)14-9-10-17(20-5)15(11-14)12-19-4/h9-11,13,16,18H,6-8,12H2,1-5H3. The normalized spacial score (nSPS) is 14.1. The van der Waals surface area contributed by atoms with Gasteiger partial charge >= 0.3 is 0 Å². The van der Waals surface area contributed by atoms with Crippen molar-refractivity contribution in [1.29, 1.82) is 0 Å². The third-order valence-corrected chi connectivity index (χ3v) is 3.72. The van der Waals surface area contributed by atoms with Crippen LogP contribution in [0.1, 0.15) is 57.2 Å². The molecule has 0 saturated heterocycles. The van der Waals surface area contributed by atoms with Crippen LogP contribution < -0.4 is 10.1 Å². The third kappa shape index (κ3) is 4.80. The number of hydrogen-bond acceptors (Lipinski definition) is 3. The van der Waals surface area contributed by atoms with Crippen molar-refractivity contribution >= 4 is 0 Å². The summed E-state index contributed by atoms with van der Waals surface area (Å²) in [7, 11) is 3.41. The first-order valence-electron chi connectivity index (χ1n) is 7.57. The molecule has 2 unspecified atom stereocenters. The highest BCUT2D eigenvalue weighted by Gasteiger charge is 2.13. The van der Waals surface area contributed by atoms with E-state index in [1.165, 1.54) is 24.8 Å². The van der Waals surface area contributed by atoms with Gasteiger partial charge in [0.05, 0.1) is 13.7 Å². The number of nitrogens with one attached hydrogen (secondary N) is 1. The maximum Gasteiger partial charge on any atom is 0.124 e. The average Bonchev–Trinajstić information content (AvgIpc) is 2.46. The molecule has 0 aliphatic heterocycles. The average molecular weight is 279 g/mol. The lowest BCUT2D eigenvalue weighted by Gasteiger charge is -2.23. The molecule has 20 heavy (non-hydrogen) atoms. The molecule has 3 heteroatoms. The van der Waals surface area contributed by atoms with Gasteiger partial charge in [-0.2, -0.15) is 0 Å². The van der Waals surface area contributed by atoms with Gasteiger partial charge in [-0.15, -0.1) is 0 Å². The van der Waals surface area contributed by atoms with Crippen molar-refractivity contribution in [3.8, 4) is 5.75 Å². The van der Waals surface area contributed by atoms with Crippen LogP contribution in [0.3, 0.4) is 0 Å². The van der Waals surface area contributed by atoms with E-state index in [2.05, 4.69) is 38.2 Å². The Hall–Kier alpha value is -1.06. The summed E-state index contributed by atoms with van der Waals surface area (Å²) >= 11 is 0. The minimum atomic E-state index is 0.341. The molecule has 1 rings (SSSR count). The van der Waals surface area contributed by atoms with Crippen LogP contribution in [0.4, 0.5) is 0 Å². The van der Waals surface area contributed by atoms with Crippen LogP contribution in [0.15, 0.2) is 18.2 Å². The van der Waals surface area contributed by atoms with Crippen molar-refractivity contribution in [2.45, 2.75) is 58.7 Å². The molecule has 114 valence electrons. The van der Waals surface area contributed by atoms with E-state index in [4.69, 9.17) is 9.47 Å². The predicted octanol–water partition coefficient (Wildman–Crippen LogP) is 4.07. The molecule has 1 aromatic rings. The summed E-state index contributed by atoms with van der Waals surface area (Å²) < 4.78 is 10.6. The van der Waals surface area contributed by atoms with Gasteiger partial charge < -0.3 is 14.8 Å². The molecule has 0 bridgehead atoms. The maximum absolute atomic E-state index is 5.37. The van der Waals surface area contributed by atoms with Gasteiger partial charge in [0.15, 0.2) is 0 Å². The van der Waals surface area contributed by atoms with Crippen molar-refractivity contribution < 1.29 is 9.47 Å². The molecule has 0 aliphatic rings. The minimum Gasteiger partial charge on any atom is -0.496 e. The number of methoxy groups -OCH3 is 2. The Morgan fingerprint density at radius 3 is 2.50 bits per heavy atom. The quantitative estimate of drug-likeness (QED) is 0.739. The first-order valence-corrected chi connectivity index (χ1v) is 7.57. The lowest BCUT2D eigenvalue weighted by atomic mass is 10.0. The molecular weight excluding hydrogens is 250 g/mol. The Bertz CT molecular complexity index is 393. The summed E-state index contributed by atoms with van der Waals surface area (Å²) in [4.78, 5) is 0. The van der Waals surface area contributed by atoms with E-state index in [0.29, 0.717) is 18.7 Å². The summed E-state index contributed by atoms with van der Waals surface area (Å²) in [5.74, 6) is 0.892. The van der Waals surface area contributed by atoms with Gasteiger partial charge in [0.1, 0.15) is 5.75 Å². The summed E-state index contributed by atoms with van der Waals surface area (Å²) in [6.07, 6.45) is 3.61. The first-order chi connectivity index (χ1) is 9.65. The number of rotatable bonds is 9. The van der Waals surface area contributed by atoms with E-state index < -0.39 is 0 Å². The molecule has 0 saturated carbocycles. The van der Waals surface area contributed by atoms with Crippen LogP contribution in [-0.2, 0) is 11.3 Å². The second-order valence-corrected chi connectivity index (χ2v) is 5.29. The molecule has 3 nitrogen and oxygen atoms in total. The van der Waals surface area contributed by atoms with Gasteiger partial charge in [-0.25, -0.2) is 0 Å². The molecule has 0 spiro atoms. The molecule has 0 fully saturated rings. The summed E-state index contributed by atoms with van der Waals surface area (Å²) in [6, 6.07) is 7.27. The molecule has 0 amide bonds. The van der Waals surface area contributed by atoms with Crippen molar-refractivity contribution in [2.75, 3.05) is 14.2 Å². The molecule has 1 aromatic carbocycles. The molecule has 0 heterocycles. The van der Waals surface area contributed by atoms with Gasteiger partial charge in [-0.1, -0.05) is 26.3 Å². The fraction of sp³-hybridized carbons (Fsp3) is 0.647. The highest BCUT2D eigenvalue weighted by molar-refractivity contribution is 5.38. The van der Waals surface area contributed by atoms with Crippen LogP contribution >= 0.6 is 0 Å². The van der Waals surface area contributed by atoms with Gasteiger partial charge in [0, 0.05) is 24.8 Å². The topological polar surface area (TPSA) is 30.5 Å². The Labute approximate surface area is 123 Å². The largest absolute Gasteiger partial charge is 0.496 e. The second kappa shape index (κ2) is 8.98. The van der Waals surface area contributed by atoms with Gasteiger partial charge in [0.2, 0.25) is 0 Å². The van der Waals surface area contributed by atoms with Gasteiger partial charge in [0.25, 0.3) is 0 Å². The van der Waals surface area contributed by atoms with Gasteiger partial charge in [-0.3, -0.25) is 0 Å². The summed E-state index contributed by atoms with van der Waals surface area (Å²) in [6.45, 7) is 7.27. The van der Waals surface area contributed by atoms with E-state index >= 15 is 0 Å². The zero-order valence-electron chi connectivity index (χ0n) is 13.5. The van der Waals surface area contributed by atoms with Crippen LogP contribution in [0.2, 0.25) is 0 Å². The van der Waals surface area contributed by atoms with Crippen LogP contribution in [0.25, 0.3) is 0 Å². The lowest BCUT2D eigenvalue weighted by Crippen LogP contribution is -2.30. The van der Waals surface area contributed by atoms with Crippen LogP contribution in [0.5, 0.6) is 5.75 Å². The van der Waals surface area contributed by atoms with Gasteiger partial charge in [-0.05, 0) is 37.5 Å². The van der Waals surface area contributed by atoms with E-state index in [0.717, 1.165) is 11.3 Å². The van der Waals surface area contributed by atoms with E-state index in [-0.39, 0.29) is 0 Å². The fourth-order valence-electron chi connectivity index (χ4n) is 2.54. The van der Waals surface area contributed by atoms with Crippen LogP contribution in [0, 0.1) is 0 Å². The first kappa shape index (κ1) is 17.0. The van der Waals surface area contributed by atoms with Crippen molar-refractivity contribution in [3.05, 3.63) is 29.3 Å². The second-order valence-electron chi connectivity index (χ2n) is 5.29. The molecule has 0 aliphatic carbocycles. The fourth-order valence-corrected chi connectivity index (χ4v) is 2.54. The highest BCUT2D eigenvalue weighted by atomic mass is 16.5. The Morgan fingerprint density at radius 1 is 1.20 bits per heavy atom. The van der Waals surface area contributed by atoms with E-state index in [9.17, 15) is 0 Å². The zero-order chi connectivity index (χ0) is 15.0. The Morgan fingerprint density at radius 2 is 1.95 bits per heavy atom. The summed E-state index contributed by atoms with van der Waals surface area (Å²) in [5, 5.41) is 3.71. The lowest BCUT2D eigenvalue weighted by molar-refractivity contribution is 0.181. The predicted molar refractivity (Wildman–Crippen MR) is 84.2 cm³/mol. The van der Waals surface area contributed by atoms with E-state index in [1.54, 1.807) is 14.2 Å². The molecular formula is C17H29NO2. The highest BCUT2D eigenvalue weighted by Crippen LogP contribution is 2.24. The molecule has 2 atom stereocenters. The molecule has 1 N–H and O–H groups in total. The number of hydrogen-bond donors (Lipinski definition) is 1. The van der Waals surface area contributed by atoms with E-state index in [1.807, 2.05) is 6.07 Å². The third-order valence-electron chi connectivity index (χ3n) is 3.72. The Kier molecular flexibility index (Phi) is 7.63. The molecule has 0 aromatic heterocycles. The number of ether oxygens (including phenoxy) is 2. The van der Waals surface area contributed by atoms with Crippen molar-refractivity contribution in [2.24, 2.45) is 0 Å². The summed E-state index contributed by atoms with van der Waals surface area (Å²) in [5.41, 5.74) is 2.39. The van der Waals surface area contributed by atoms with Crippen molar-refractivity contribution in [3.63, 3.8) is 0 Å². The van der Waals surface area contributed by atoms with Crippen LogP contribution in [-0.4, -0.2) is 20.3 Å². The minimum absolute atomic E-state index is 0.341. The Balaban J connectivity index is 2.81. The monoisotopic (exact) mass is 279 g/mol. The number of benzene rings is 1. The maximum atomic E-state index is 5.37. The zero-order valence-corrected chi connectivity index (χ0v) is 13.5.